The van der Waals surface area contributed by atoms with Gasteiger partial charge in [-0.1, -0.05) is 25.6 Å². The van der Waals surface area contributed by atoms with Gasteiger partial charge in [0.25, 0.3) is 0 Å². The van der Waals surface area contributed by atoms with E-state index in [2.05, 4.69) is 11.9 Å². The lowest BCUT2D eigenvalue weighted by Gasteiger charge is -2.04. The Labute approximate surface area is 101 Å². The Kier molecular flexibility index (Phi) is 4.45. The number of benzene rings is 1. The summed E-state index contributed by atoms with van der Waals surface area (Å²) in [4.78, 5) is 11.2. The predicted octanol–water partition coefficient (Wildman–Crippen LogP) is 1.28. The highest BCUT2D eigenvalue weighted by atomic mass is 32.2. The number of nitrogens with one attached hydrogen (secondary N) is 1. The summed E-state index contributed by atoms with van der Waals surface area (Å²) in [5, 5.41) is 2.61. The number of hydrogen-bond acceptors (Lipinski definition) is 3. The van der Waals surface area contributed by atoms with Gasteiger partial charge in [0.1, 0.15) is 0 Å². The first kappa shape index (κ1) is 13.4. The first-order chi connectivity index (χ1) is 7.99. The lowest BCUT2D eigenvalue weighted by atomic mass is 10.2. The number of carbonyl (C=O) groups excluding carboxylic acids is 1. The second kappa shape index (κ2) is 5.63. The molecule has 0 saturated carbocycles. The normalized spacial score (nSPS) is 10.9. The van der Waals surface area contributed by atoms with Crippen molar-refractivity contribution in [1.82, 2.24) is 5.32 Å². The van der Waals surface area contributed by atoms with Gasteiger partial charge in [0.05, 0.1) is 10.6 Å². The van der Waals surface area contributed by atoms with Crippen LogP contribution in [0.4, 0.5) is 0 Å². The van der Waals surface area contributed by atoms with Crippen molar-refractivity contribution in [2.24, 2.45) is 0 Å². The molecule has 0 radical (unpaired) electrons. The van der Waals surface area contributed by atoms with Gasteiger partial charge in [0.15, 0.2) is 9.84 Å². The van der Waals surface area contributed by atoms with Gasteiger partial charge in [0.2, 0.25) is 5.91 Å². The van der Waals surface area contributed by atoms with Crippen LogP contribution >= 0.6 is 0 Å². The van der Waals surface area contributed by atoms with Gasteiger partial charge in [-0.15, -0.1) is 0 Å². The third-order valence-electron chi connectivity index (χ3n) is 2.31. The Hall–Kier alpha value is -1.62. The summed E-state index contributed by atoms with van der Waals surface area (Å²) in [6.45, 7) is 5.30. The van der Waals surface area contributed by atoms with Crippen molar-refractivity contribution in [3.05, 3.63) is 42.5 Å². The SMILES string of the molecule is C=CC(=O)NCc1ccc(S(=O)(=O)CC)cc1. The average molecular weight is 253 g/mol. The van der Waals surface area contributed by atoms with Crippen molar-refractivity contribution in [3.63, 3.8) is 0 Å². The lowest BCUT2D eigenvalue weighted by Crippen LogP contribution is -2.19. The van der Waals surface area contributed by atoms with Crippen molar-refractivity contribution in [2.75, 3.05) is 5.75 Å². The van der Waals surface area contributed by atoms with Gasteiger partial charge >= 0.3 is 0 Å². The van der Waals surface area contributed by atoms with Crippen LogP contribution in [0, 0.1) is 0 Å². The molecule has 0 unspecified atom stereocenters. The van der Waals surface area contributed by atoms with Gasteiger partial charge in [-0.2, -0.15) is 0 Å². The molecule has 1 aromatic rings. The Morgan fingerprint density at radius 3 is 2.41 bits per heavy atom. The molecule has 17 heavy (non-hydrogen) atoms. The summed E-state index contributed by atoms with van der Waals surface area (Å²) < 4.78 is 23.1. The Bertz CT molecular complexity index is 503. The molecule has 0 aliphatic heterocycles. The van der Waals surface area contributed by atoms with E-state index in [4.69, 9.17) is 0 Å². The van der Waals surface area contributed by atoms with E-state index in [1.54, 1.807) is 31.2 Å². The molecule has 1 N–H and O–H groups in total. The van der Waals surface area contributed by atoms with Crippen LogP contribution in [-0.2, 0) is 21.2 Å². The maximum Gasteiger partial charge on any atom is 0.243 e. The smallest absolute Gasteiger partial charge is 0.243 e. The molecular formula is C12H15NO3S. The first-order valence-corrected chi connectivity index (χ1v) is 6.87. The zero-order chi connectivity index (χ0) is 12.9. The molecule has 0 aromatic heterocycles. The molecule has 92 valence electrons. The molecule has 0 aliphatic carbocycles. The third-order valence-corrected chi connectivity index (χ3v) is 4.07. The van der Waals surface area contributed by atoms with Crippen LogP contribution in [0.1, 0.15) is 12.5 Å². The standard InChI is InChI=1S/C12H15NO3S/c1-3-12(14)13-9-10-5-7-11(8-6-10)17(15,16)4-2/h3,5-8H,1,4,9H2,2H3,(H,13,14). The van der Waals surface area contributed by atoms with Crippen LogP contribution in [0.3, 0.4) is 0 Å². The van der Waals surface area contributed by atoms with Crippen LogP contribution in [0.25, 0.3) is 0 Å². The molecule has 0 fully saturated rings. The highest BCUT2D eigenvalue weighted by molar-refractivity contribution is 7.91. The fourth-order valence-electron chi connectivity index (χ4n) is 1.24. The molecule has 5 heteroatoms. The van der Waals surface area contributed by atoms with Gasteiger partial charge in [-0.25, -0.2) is 8.42 Å². The van der Waals surface area contributed by atoms with Crippen molar-refractivity contribution < 1.29 is 13.2 Å². The van der Waals surface area contributed by atoms with Gasteiger partial charge in [-0.05, 0) is 23.8 Å². The van der Waals surface area contributed by atoms with Gasteiger partial charge in [0, 0.05) is 6.54 Å². The predicted molar refractivity (Wildman–Crippen MR) is 66.2 cm³/mol. The fraction of sp³-hybridized carbons (Fsp3) is 0.250. The summed E-state index contributed by atoms with van der Waals surface area (Å²) in [6, 6.07) is 6.47. The highest BCUT2D eigenvalue weighted by Gasteiger charge is 2.10. The molecule has 1 rings (SSSR count). The van der Waals surface area contributed by atoms with Gasteiger partial charge in [-0.3, -0.25) is 4.79 Å². The van der Waals surface area contributed by atoms with E-state index >= 15 is 0 Å². The molecule has 1 aromatic carbocycles. The lowest BCUT2D eigenvalue weighted by molar-refractivity contribution is -0.116. The minimum absolute atomic E-state index is 0.0829. The quantitative estimate of drug-likeness (QED) is 0.804. The summed E-state index contributed by atoms with van der Waals surface area (Å²) in [6.07, 6.45) is 1.19. The van der Waals surface area contributed by atoms with E-state index in [0.29, 0.717) is 11.4 Å². The number of amides is 1. The minimum atomic E-state index is -3.15. The minimum Gasteiger partial charge on any atom is -0.348 e. The molecule has 0 aliphatic rings. The molecule has 4 nitrogen and oxygen atoms in total. The van der Waals surface area contributed by atoms with Crippen molar-refractivity contribution in [3.8, 4) is 0 Å². The number of rotatable bonds is 5. The topological polar surface area (TPSA) is 63.2 Å². The largest absolute Gasteiger partial charge is 0.348 e. The average Bonchev–Trinajstić information content (AvgIpc) is 2.36. The molecule has 0 spiro atoms. The van der Waals surface area contributed by atoms with E-state index in [9.17, 15) is 13.2 Å². The summed E-state index contributed by atoms with van der Waals surface area (Å²) >= 11 is 0. The molecule has 0 bridgehead atoms. The number of carbonyl (C=O) groups is 1. The second-order valence-electron chi connectivity index (χ2n) is 3.47. The molecule has 1 amide bonds. The summed E-state index contributed by atoms with van der Waals surface area (Å²) in [7, 11) is -3.15. The monoisotopic (exact) mass is 253 g/mol. The van der Waals surface area contributed by atoms with E-state index in [0.717, 1.165) is 5.56 Å². The molecule has 0 saturated heterocycles. The summed E-state index contributed by atoms with van der Waals surface area (Å²) in [5.41, 5.74) is 0.843. The number of sulfone groups is 1. The van der Waals surface area contributed by atoms with E-state index in [1.807, 2.05) is 0 Å². The maximum atomic E-state index is 11.5. The number of hydrogen-bond donors (Lipinski definition) is 1. The highest BCUT2D eigenvalue weighted by Crippen LogP contribution is 2.12. The zero-order valence-corrected chi connectivity index (χ0v) is 10.5. The zero-order valence-electron chi connectivity index (χ0n) is 9.64. The Morgan fingerprint density at radius 1 is 1.35 bits per heavy atom. The first-order valence-electron chi connectivity index (χ1n) is 5.21. The van der Waals surface area contributed by atoms with Crippen LogP contribution in [0.15, 0.2) is 41.8 Å². The van der Waals surface area contributed by atoms with E-state index in [-0.39, 0.29) is 11.7 Å². The van der Waals surface area contributed by atoms with E-state index in [1.165, 1.54) is 6.08 Å². The van der Waals surface area contributed by atoms with Crippen LogP contribution < -0.4 is 5.32 Å². The van der Waals surface area contributed by atoms with Crippen molar-refractivity contribution >= 4 is 15.7 Å². The second-order valence-corrected chi connectivity index (χ2v) is 5.75. The molecule has 0 heterocycles. The molecule has 0 atom stereocenters. The molecular weight excluding hydrogens is 238 g/mol. The van der Waals surface area contributed by atoms with Crippen LogP contribution in [0.2, 0.25) is 0 Å². The third kappa shape index (κ3) is 3.71. The van der Waals surface area contributed by atoms with Gasteiger partial charge < -0.3 is 5.32 Å². The van der Waals surface area contributed by atoms with Crippen LogP contribution in [0.5, 0.6) is 0 Å². The van der Waals surface area contributed by atoms with Crippen LogP contribution in [-0.4, -0.2) is 20.1 Å². The van der Waals surface area contributed by atoms with E-state index < -0.39 is 9.84 Å². The Balaban J connectivity index is 2.75. The van der Waals surface area contributed by atoms with Crippen molar-refractivity contribution in [1.29, 1.82) is 0 Å². The Morgan fingerprint density at radius 2 is 1.94 bits per heavy atom. The fourth-order valence-corrected chi connectivity index (χ4v) is 2.13. The van der Waals surface area contributed by atoms with Crippen molar-refractivity contribution in [2.45, 2.75) is 18.4 Å². The maximum absolute atomic E-state index is 11.5. The summed E-state index contributed by atoms with van der Waals surface area (Å²) in [5.74, 6) is -0.172.